The van der Waals surface area contributed by atoms with Gasteiger partial charge in [-0.3, -0.25) is 4.57 Å². The summed E-state index contributed by atoms with van der Waals surface area (Å²) in [7, 11) is 0. The largest absolute Gasteiger partial charge is 0.493 e. The molecule has 1 aromatic heterocycles. The zero-order valence-corrected chi connectivity index (χ0v) is 13.5. The molecule has 0 atom stereocenters. The van der Waals surface area contributed by atoms with E-state index in [-0.39, 0.29) is 11.7 Å². The van der Waals surface area contributed by atoms with Gasteiger partial charge in [-0.05, 0) is 56.4 Å². The second kappa shape index (κ2) is 5.58. The zero-order chi connectivity index (χ0) is 15.9. The maximum absolute atomic E-state index is 13.0. The van der Waals surface area contributed by atoms with Crippen LogP contribution in [0.3, 0.4) is 0 Å². The van der Waals surface area contributed by atoms with Gasteiger partial charge in [0, 0.05) is 5.57 Å². The molecule has 112 valence electrons. The van der Waals surface area contributed by atoms with Crippen molar-refractivity contribution in [1.82, 2.24) is 4.57 Å². The predicted molar refractivity (Wildman–Crippen MR) is 90.3 cm³/mol. The Morgan fingerprint density at radius 3 is 2.36 bits per heavy atom. The molecule has 0 amide bonds. The molecule has 1 N–H and O–H groups in total. The molecule has 0 radical (unpaired) electrons. The predicted octanol–water partition coefficient (Wildman–Crippen LogP) is 4.35. The van der Waals surface area contributed by atoms with Crippen LogP contribution < -0.4 is 0 Å². The number of benzene rings is 1. The van der Waals surface area contributed by atoms with Crippen LogP contribution in [-0.2, 0) is 0 Å². The van der Waals surface area contributed by atoms with Crippen LogP contribution in [0.2, 0.25) is 0 Å². The number of hydrogen-bond acceptors (Lipinski definition) is 5. The first-order valence-electron chi connectivity index (χ1n) is 6.49. The minimum absolute atomic E-state index is 0.0293. The van der Waals surface area contributed by atoms with Gasteiger partial charge in [0.15, 0.2) is 3.95 Å². The summed E-state index contributed by atoms with van der Waals surface area (Å²) in [4.78, 5) is 0.621. The van der Waals surface area contributed by atoms with Gasteiger partial charge in [-0.15, -0.1) is 11.3 Å². The summed E-state index contributed by atoms with van der Waals surface area (Å²) in [6, 6.07) is 5.81. The van der Waals surface area contributed by atoms with Crippen LogP contribution in [0.5, 0.6) is 5.88 Å². The highest BCUT2D eigenvalue weighted by Crippen LogP contribution is 2.32. The summed E-state index contributed by atoms with van der Waals surface area (Å²) >= 11 is 6.59. The first kappa shape index (κ1) is 14.8. The standard InChI is InChI=1S/C15H12FN3OS2/c1-8-12(9(2)18-17-8)7-13-14(20)19(15(21)22-13)11-5-3-10(16)4-6-11/h3-7,20H,1-2H3. The van der Waals surface area contributed by atoms with Crippen molar-refractivity contribution in [3.8, 4) is 11.6 Å². The van der Waals surface area contributed by atoms with Crippen molar-refractivity contribution in [3.63, 3.8) is 0 Å². The molecular formula is C15H12FN3OS2. The van der Waals surface area contributed by atoms with E-state index in [0.717, 1.165) is 17.0 Å². The van der Waals surface area contributed by atoms with Crippen molar-refractivity contribution in [1.29, 1.82) is 0 Å². The number of aromatic nitrogens is 1. The molecule has 2 heterocycles. The fourth-order valence-corrected chi connectivity index (χ4v) is 3.45. The van der Waals surface area contributed by atoms with Gasteiger partial charge in [-0.25, -0.2) is 4.39 Å². The third-order valence-electron chi connectivity index (χ3n) is 3.30. The molecule has 0 saturated carbocycles. The zero-order valence-electron chi connectivity index (χ0n) is 11.9. The Bertz CT molecular complexity index is 869. The van der Waals surface area contributed by atoms with Crippen LogP contribution in [0.25, 0.3) is 11.8 Å². The monoisotopic (exact) mass is 333 g/mol. The molecule has 7 heteroatoms. The molecule has 1 aliphatic heterocycles. The number of nitrogens with zero attached hydrogens (tertiary/aromatic N) is 3. The van der Waals surface area contributed by atoms with E-state index in [9.17, 15) is 9.50 Å². The van der Waals surface area contributed by atoms with E-state index in [0.29, 0.717) is 14.5 Å². The molecule has 0 aliphatic carbocycles. The average Bonchev–Trinajstić information content (AvgIpc) is 2.94. The molecule has 4 nitrogen and oxygen atoms in total. The van der Waals surface area contributed by atoms with E-state index in [1.54, 1.807) is 12.1 Å². The van der Waals surface area contributed by atoms with Crippen LogP contribution in [-0.4, -0.2) is 21.1 Å². The van der Waals surface area contributed by atoms with Crippen molar-refractivity contribution in [2.24, 2.45) is 10.2 Å². The van der Waals surface area contributed by atoms with Gasteiger partial charge in [-0.1, -0.05) is 0 Å². The molecule has 0 unspecified atom stereocenters. The van der Waals surface area contributed by atoms with Gasteiger partial charge in [0.05, 0.1) is 22.0 Å². The van der Waals surface area contributed by atoms with Gasteiger partial charge >= 0.3 is 0 Å². The molecule has 22 heavy (non-hydrogen) atoms. The topological polar surface area (TPSA) is 49.9 Å². The lowest BCUT2D eigenvalue weighted by Gasteiger charge is -2.04. The highest BCUT2D eigenvalue weighted by atomic mass is 32.1. The summed E-state index contributed by atoms with van der Waals surface area (Å²) in [5.41, 5.74) is 3.08. The van der Waals surface area contributed by atoms with Crippen LogP contribution in [0.4, 0.5) is 4.39 Å². The Kier molecular flexibility index (Phi) is 3.76. The number of hydrogen-bond donors (Lipinski definition) is 1. The first-order chi connectivity index (χ1) is 10.5. The molecular weight excluding hydrogens is 321 g/mol. The fourth-order valence-electron chi connectivity index (χ4n) is 2.15. The lowest BCUT2D eigenvalue weighted by atomic mass is 10.1. The lowest BCUT2D eigenvalue weighted by molar-refractivity contribution is 0.441. The van der Waals surface area contributed by atoms with Crippen molar-refractivity contribution in [2.45, 2.75) is 13.8 Å². The second-order valence-corrected chi connectivity index (χ2v) is 6.47. The summed E-state index contributed by atoms with van der Waals surface area (Å²) in [5, 5.41) is 18.5. The second-order valence-electron chi connectivity index (χ2n) is 4.80. The molecule has 3 rings (SSSR count). The first-order valence-corrected chi connectivity index (χ1v) is 7.72. The van der Waals surface area contributed by atoms with Crippen LogP contribution in [0.1, 0.15) is 18.7 Å². The van der Waals surface area contributed by atoms with Crippen LogP contribution >= 0.6 is 23.6 Å². The maximum Gasteiger partial charge on any atom is 0.215 e. The Labute approximate surface area is 135 Å². The number of aromatic hydroxyl groups is 1. The van der Waals surface area contributed by atoms with Crippen molar-refractivity contribution < 1.29 is 9.50 Å². The number of rotatable bonds is 2. The van der Waals surface area contributed by atoms with Crippen LogP contribution in [0, 0.1) is 9.77 Å². The number of allylic oxidation sites excluding steroid dienone is 1. The molecule has 1 aromatic carbocycles. The molecule has 0 saturated heterocycles. The molecule has 0 spiro atoms. The third-order valence-corrected chi connectivity index (χ3v) is 4.61. The van der Waals surface area contributed by atoms with E-state index < -0.39 is 0 Å². The molecule has 2 aromatic rings. The highest BCUT2D eigenvalue weighted by Gasteiger charge is 2.17. The van der Waals surface area contributed by atoms with Crippen LogP contribution in [0.15, 0.2) is 40.0 Å². The quantitative estimate of drug-likeness (QED) is 0.831. The Morgan fingerprint density at radius 2 is 1.77 bits per heavy atom. The van der Waals surface area contributed by atoms with E-state index in [1.165, 1.54) is 28.0 Å². The Balaban J connectivity index is 2.10. The van der Waals surface area contributed by atoms with Gasteiger partial charge in [0.1, 0.15) is 5.82 Å². The minimum Gasteiger partial charge on any atom is -0.493 e. The van der Waals surface area contributed by atoms with E-state index in [4.69, 9.17) is 12.2 Å². The van der Waals surface area contributed by atoms with E-state index >= 15 is 0 Å². The highest BCUT2D eigenvalue weighted by molar-refractivity contribution is 7.73. The average molecular weight is 333 g/mol. The number of halogens is 1. The summed E-state index contributed by atoms with van der Waals surface area (Å²) in [6.07, 6.45) is 1.82. The lowest BCUT2D eigenvalue weighted by Crippen LogP contribution is -2.00. The molecule has 1 aliphatic rings. The van der Waals surface area contributed by atoms with Gasteiger partial charge in [0.2, 0.25) is 5.88 Å². The minimum atomic E-state index is -0.336. The molecule has 0 fully saturated rings. The van der Waals surface area contributed by atoms with Gasteiger partial charge in [0.25, 0.3) is 0 Å². The fraction of sp³-hybridized carbons (Fsp3) is 0.133. The molecule has 0 bridgehead atoms. The van der Waals surface area contributed by atoms with Crippen molar-refractivity contribution in [3.05, 3.63) is 44.5 Å². The Morgan fingerprint density at radius 1 is 1.18 bits per heavy atom. The SMILES string of the molecule is CC1=NN=C(C)C1=Cc1sc(=S)n(-c2ccc(F)cc2)c1O. The van der Waals surface area contributed by atoms with Crippen molar-refractivity contribution >= 4 is 41.1 Å². The maximum atomic E-state index is 13.0. The summed E-state index contributed by atoms with van der Waals surface area (Å²) in [5.74, 6) is -0.307. The Hall–Kier alpha value is -2.12. The van der Waals surface area contributed by atoms with Gasteiger partial charge < -0.3 is 5.11 Å². The van der Waals surface area contributed by atoms with E-state index in [1.807, 2.05) is 19.9 Å². The van der Waals surface area contributed by atoms with Crippen molar-refractivity contribution in [2.75, 3.05) is 0 Å². The smallest absolute Gasteiger partial charge is 0.215 e. The van der Waals surface area contributed by atoms with E-state index in [2.05, 4.69) is 10.2 Å². The normalized spacial score (nSPS) is 14.0. The van der Waals surface area contributed by atoms with Gasteiger partial charge in [-0.2, -0.15) is 10.2 Å². The number of thiazole rings is 1. The third kappa shape index (κ3) is 2.53. The summed E-state index contributed by atoms with van der Waals surface area (Å²) in [6.45, 7) is 3.72. The summed E-state index contributed by atoms with van der Waals surface area (Å²) < 4.78 is 15.0.